The zero-order valence-electron chi connectivity index (χ0n) is 10.6. The number of rotatable bonds is 2. The first kappa shape index (κ1) is 11.6. The molecule has 0 unspecified atom stereocenters. The van der Waals surface area contributed by atoms with E-state index in [-0.39, 0.29) is 0 Å². The lowest BCUT2D eigenvalue weighted by atomic mass is 9.99. The highest BCUT2D eigenvalue weighted by Gasteiger charge is 2.12. The Morgan fingerprint density at radius 2 is 1.47 bits per heavy atom. The fraction of sp³-hybridized carbons (Fsp3) is 0.0588. The Morgan fingerprint density at radius 3 is 2.16 bits per heavy atom. The van der Waals surface area contributed by atoms with Gasteiger partial charge in [-0.3, -0.25) is 0 Å². The molecule has 3 rings (SSSR count). The zero-order chi connectivity index (χ0) is 13.2. The summed E-state index contributed by atoms with van der Waals surface area (Å²) in [5, 5.41) is 12.2. The van der Waals surface area contributed by atoms with Crippen LogP contribution in [0.1, 0.15) is 0 Å². The molecular weight excluding hydrogens is 236 g/mol. The smallest absolute Gasteiger partial charge is 0.131 e. The Balaban J connectivity index is 2.35. The van der Waals surface area contributed by atoms with Crippen molar-refractivity contribution in [1.29, 1.82) is 0 Å². The summed E-state index contributed by atoms with van der Waals surface area (Å²) in [4.78, 5) is 0. The van der Waals surface area contributed by atoms with Crippen molar-refractivity contribution >= 4 is 10.8 Å². The maximum Gasteiger partial charge on any atom is 0.131 e. The normalized spacial score (nSPS) is 10.6. The quantitative estimate of drug-likeness (QED) is 0.737. The van der Waals surface area contributed by atoms with Crippen molar-refractivity contribution in [1.82, 2.24) is 0 Å². The van der Waals surface area contributed by atoms with Crippen LogP contribution in [0.5, 0.6) is 11.5 Å². The third kappa shape index (κ3) is 1.91. The van der Waals surface area contributed by atoms with E-state index in [1.165, 1.54) is 0 Å². The molecule has 0 atom stereocenters. The number of benzene rings is 3. The van der Waals surface area contributed by atoms with Crippen LogP contribution in [-0.2, 0) is 0 Å². The van der Waals surface area contributed by atoms with Gasteiger partial charge in [-0.15, -0.1) is 0 Å². The van der Waals surface area contributed by atoms with Crippen molar-refractivity contribution in [3.63, 3.8) is 0 Å². The second-order valence-electron chi connectivity index (χ2n) is 4.39. The number of fused-ring (bicyclic) bond motifs is 1. The van der Waals surface area contributed by atoms with E-state index in [1.807, 2.05) is 60.7 Å². The fourth-order valence-electron chi connectivity index (χ4n) is 2.33. The fourth-order valence-corrected chi connectivity index (χ4v) is 2.33. The molecule has 0 aliphatic carbocycles. The van der Waals surface area contributed by atoms with Crippen LogP contribution >= 0.6 is 0 Å². The highest BCUT2D eigenvalue weighted by atomic mass is 16.5. The molecule has 3 aromatic carbocycles. The molecule has 0 aliphatic heterocycles. The molecule has 0 aromatic heterocycles. The standard InChI is InChI=1S/C17H14O2/c1-19-16-11-15(12-7-3-2-4-8-12)17(18)14-10-6-5-9-13(14)16/h2-11,18H,1H3. The van der Waals surface area contributed by atoms with Crippen LogP contribution in [0.3, 0.4) is 0 Å². The van der Waals surface area contributed by atoms with Crippen LogP contribution in [0.4, 0.5) is 0 Å². The highest BCUT2D eigenvalue weighted by Crippen LogP contribution is 2.40. The lowest BCUT2D eigenvalue weighted by Crippen LogP contribution is -1.88. The van der Waals surface area contributed by atoms with Crippen LogP contribution < -0.4 is 4.74 Å². The van der Waals surface area contributed by atoms with Gasteiger partial charge in [-0.05, 0) is 11.6 Å². The summed E-state index contributed by atoms with van der Waals surface area (Å²) in [5.41, 5.74) is 1.76. The predicted octanol–water partition coefficient (Wildman–Crippen LogP) is 4.22. The van der Waals surface area contributed by atoms with Gasteiger partial charge in [0.2, 0.25) is 0 Å². The van der Waals surface area contributed by atoms with Gasteiger partial charge in [-0.25, -0.2) is 0 Å². The molecule has 19 heavy (non-hydrogen) atoms. The van der Waals surface area contributed by atoms with E-state index in [2.05, 4.69) is 0 Å². The minimum Gasteiger partial charge on any atom is -0.507 e. The molecule has 0 radical (unpaired) electrons. The van der Waals surface area contributed by atoms with Gasteiger partial charge in [-0.2, -0.15) is 0 Å². The third-order valence-corrected chi connectivity index (χ3v) is 3.28. The monoisotopic (exact) mass is 250 g/mol. The number of phenols is 1. The Labute approximate surface area is 111 Å². The summed E-state index contributed by atoms with van der Waals surface area (Å²) >= 11 is 0. The first-order valence-corrected chi connectivity index (χ1v) is 6.15. The number of hydrogen-bond donors (Lipinski definition) is 1. The maximum absolute atomic E-state index is 10.5. The summed E-state index contributed by atoms with van der Waals surface area (Å²) in [7, 11) is 1.65. The summed E-state index contributed by atoms with van der Waals surface area (Å²) in [6, 6.07) is 19.4. The van der Waals surface area contributed by atoms with Crippen molar-refractivity contribution in [2.45, 2.75) is 0 Å². The Bertz CT molecular complexity index is 718. The third-order valence-electron chi connectivity index (χ3n) is 3.28. The Kier molecular flexibility index (Phi) is 2.84. The molecule has 2 heteroatoms. The van der Waals surface area contributed by atoms with Crippen LogP contribution in [-0.4, -0.2) is 12.2 Å². The van der Waals surface area contributed by atoms with Gasteiger partial charge in [0.05, 0.1) is 7.11 Å². The van der Waals surface area contributed by atoms with Gasteiger partial charge in [-0.1, -0.05) is 54.6 Å². The van der Waals surface area contributed by atoms with Crippen molar-refractivity contribution in [3.8, 4) is 22.6 Å². The largest absolute Gasteiger partial charge is 0.507 e. The van der Waals surface area contributed by atoms with E-state index in [1.54, 1.807) is 7.11 Å². The summed E-state index contributed by atoms with van der Waals surface area (Å²) < 4.78 is 5.43. The molecule has 0 spiro atoms. The van der Waals surface area contributed by atoms with E-state index in [4.69, 9.17) is 4.74 Å². The van der Waals surface area contributed by atoms with Gasteiger partial charge in [0.15, 0.2) is 0 Å². The minimum atomic E-state index is 0.294. The summed E-state index contributed by atoms with van der Waals surface area (Å²) in [6.45, 7) is 0. The van der Waals surface area contributed by atoms with E-state index < -0.39 is 0 Å². The van der Waals surface area contributed by atoms with Gasteiger partial charge < -0.3 is 9.84 Å². The van der Waals surface area contributed by atoms with Crippen molar-refractivity contribution in [3.05, 3.63) is 60.7 Å². The van der Waals surface area contributed by atoms with Gasteiger partial charge in [0.1, 0.15) is 11.5 Å². The molecule has 0 saturated heterocycles. The van der Waals surface area contributed by atoms with Crippen molar-refractivity contribution in [2.75, 3.05) is 7.11 Å². The van der Waals surface area contributed by atoms with Gasteiger partial charge in [0.25, 0.3) is 0 Å². The molecule has 3 aromatic rings. The van der Waals surface area contributed by atoms with Gasteiger partial charge >= 0.3 is 0 Å². The highest BCUT2D eigenvalue weighted by molar-refractivity contribution is 5.99. The first-order chi connectivity index (χ1) is 9.31. The van der Waals surface area contributed by atoms with Crippen LogP contribution in [0.15, 0.2) is 60.7 Å². The number of hydrogen-bond acceptors (Lipinski definition) is 2. The summed E-state index contributed by atoms with van der Waals surface area (Å²) in [5.74, 6) is 1.06. The maximum atomic E-state index is 10.5. The lowest BCUT2D eigenvalue weighted by Gasteiger charge is -2.12. The molecule has 1 N–H and O–H groups in total. The Hall–Kier alpha value is -2.48. The SMILES string of the molecule is COc1cc(-c2ccccc2)c(O)c2ccccc12. The molecule has 0 saturated carbocycles. The van der Waals surface area contributed by atoms with E-state index >= 15 is 0 Å². The van der Waals surface area contributed by atoms with Crippen LogP contribution in [0, 0.1) is 0 Å². The number of phenolic OH excluding ortho intramolecular Hbond substituents is 1. The number of ether oxygens (including phenoxy) is 1. The molecular formula is C17H14O2. The van der Waals surface area contributed by atoms with E-state index in [0.29, 0.717) is 5.75 Å². The average Bonchev–Trinajstić information content (AvgIpc) is 2.49. The van der Waals surface area contributed by atoms with Crippen molar-refractivity contribution < 1.29 is 9.84 Å². The molecule has 94 valence electrons. The molecule has 0 heterocycles. The molecule has 0 aliphatic rings. The molecule has 0 fully saturated rings. The second kappa shape index (κ2) is 4.65. The number of aromatic hydroxyl groups is 1. The summed E-state index contributed by atoms with van der Waals surface area (Å²) in [6.07, 6.45) is 0. The minimum absolute atomic E-state index is 0.294. The van der Waals surface area contributed by atoms with E-state index in [9.17, 15) is 5.11 Å². The lowest BCUT2D eigenvalue weighted by molar-refractivity contribution is 0.418. The first-order valence-electron chi connectivity index (χ1n) is 6.15. The van der Waals surface area contributed by atoms with Crippen LogP contribution in [0.2, 0.25) is 0 Å². The average molecular weight is 250 g/mol. The Morgan fingerprint density at radius 1 is 0.842 bits per heavy atom. The second-order valence-corrected chi connectivity index (χ2v) is 4.39. The van der Waals surface area contributed by atoms with E-state index in [0.717, 1.165) is 27.6 Å². The number of methoxy groups -OCH3 is 1. The van der Waals surface area contributed by atoms with Crippen LogP contribution in [0.25, 0.3) is 21.9 Å². The molecule has 0 bridgehead atoms. The predicted molar refractivity (Wildman–Crippen MR) is 77.6 cm³/mol. The molecule has 2 nitrogen and oxygen atoms in total. The van der Waals surface area contributed by atoms with Crippen molar-refractivity contribution in [2.24, 2.45) is 0 Å². The topological polar surface area (TPSA) is 29.5 Å². The zero-order valence-corrected chi connectivity index (χ0v) is 10.6. The van der Waals surface area contributed by atoms with Gasteiger partial charge in [0, 0.05) is 16.3 Å². The molecule has 0 amide bonds.